The highest BCUT2D eigenvalue weighted by atomic mass is 127. The molecule has 2 rings (SSSR count). The standard InChI is InChI=1S/C16H24F2N4O2S2.HI/c1-12(14-4-3-13(17)11-15(14)18)21-16(19-2)20-5-10-26(23,24)22-6-8-25-9-7-22;/h3-4,11-12H,5-10H2,1-2H3,(H2,19,20,21);1H. The Hall–Kier alpha value is -0.660. The van der Waals surface area contributed by atoms with Crippen molar-refractivity contribution in [1.29, 1.82) is 0 Å². The second-order valence-corrected chi connectivity index (χ2v) is 9.17. The first kappa shape index (κ1) is 24.4. The Labute approximate surface area is 180 Å². The average molecular weight is 534 g/mol. The highest BCUT2D eigenvalue weighted by molar-refractivity contribution is 14.0. The number of guanidine groups is 1. The van der Waals surface area contributed by atoms with Crippen LogP contribution in [0.25, 0.3) is 0 Å². The van der Waals surface area contributed by atoms with Crippen LogP contribution in [0, 0.1) is 11.6 Å². The normalized spacial score (nSPS) is 17.1. The van der Waals surface area contributed by atoms with Crippen molar-refractivity contribution in [2.75, 3.05) is 43.9 Å². The third-order valence-electron chi connectivity index (χ3n) is 4.02. The lowest BCUT2D eigenvalue weighted by atomic mass is 10.1. The van der Waals surface area contributed by atoms with Gasteiger partial charge >= 0.3 is 0 Å². The molecule has 11 heteroatoms. The summed E-state index contributed by atoms with van der Waals surface area (Å²) in [6, 6.07) is 2.93. The number of nitrogens with zero attached hydrogens (tertiary/aromatic N) is 2. The molecule has 1 aliphatic rings. The van der Waals surface area contributed by atoms with Gasteiger partial charge in [-0.15, -0.1) is 24.0 Å². The van der Waals surface area contributed by atoms with Crippen molar-refractivity contribution in [3.8, 4) is 0 Å². The molecule has 154 valence electrons. The molecular formula is C16H25F2IN4O2S2. The zero-order valence-electron chi connectivity index (χ0n) is 15.2. The summed E-state index contributed by atoms with van der Waals surface area (Å²) < 4.78 is 53.0. The molecule has 1 fully saturated rings. The van der Waals surface area contributed by atoms with Crippen LogP contribution >= 0.6 is 35.7 Å². The van der Waals surface area contributed by atoms with Gasteiger partial charge < -0.3 is 10.6 Å². The fourth-order valence-corrected chi connectivity index (χ4v) is 5.07. The van der Waals surface area contributed by atoms with Crippen molar-refractivity contribution in [2.45, 2.75) is 13.0 Å². The van der Waals surface area contributed by atoms with Gasteiger partial charge in [-0.05, 0) is 13.0 Å². The molecule has 0 aliphatic carbocycles. The molecule has 6 nitrogen and oxygen atoms in total. The SMILES string of the molecule is CN=C(NCCS(=O)(=O)N1CCSCC1)NC(C)c1ccc(F)cc1F.I. The van der Waals surface area contributed by atoms with Gasteiger partial charge in [-0.3, -0.25) is 4.99 Å². The van der Waals surface area contributed by atoms with Crippen LogP contribution in [-0.4, -0.2) is 62.6 Å². The predicted molar refractivity (Wildman–Crippen MR) is 117 cm³/mol. The lowest BCUT2D eigenvalue weighted by molar-refractivity contribution is 0.443. The maximum absolute atomic E-state index is 13.8. The van der Waals surface area contributed by atoms with E-state index in [0.29, 0.717) is 24.6 Å². The topological polar surface area (TPSA) is 73.8 Å². The highest BCUT2D eigenvalue weighted by Crippen LogP contribution is 2.17. The summed E-state index contributed by atoms with van der Waals surface area (Å²) >= 11 is 1.75. The van der Waals surface area contributed by atoms with E-state index < -0.39 is 27.7 Å². The molecular weight excluding hydrogens is 509 g/mol. The number of hydrogen-bond donors (Lipinski definition) is 2. The maximum atomic E-state index is 13.8. The Morgan fingerprint density at radius 2 is 2.00 bits per heavy atom. The fraction of sp³-hybridized carbons (Fsp3) is 0.562. The van der Waals surface area contributed by atoms with Gasteiger partial charge in [-0.1, -0.05) is 6.07 Å². The van der Waals surface area contributed by atoms with Crippen LogP contribution in [-0.2, 0) is 10.0 Å². The first-order valence-electron chi connectivity index (χ1n) is 8.31. The van der Waals surface area contributed by atoms with Gasteiger partial charge in [0, 0.05) is 49.8 Å². The van der Waals surface area contributed by atoms with Gasteiger partial charge in [0.1, 0.15) is 11.6 Å². The summed E-state index contributed by atoms with van der Waals surface area (Å²) in [5.41, 5.74) is 0.299. The van der Waals surface area contributed by atoms with Crippen LogP contribution in [0.3, 0.4) is 0 Å². The minimum absolute atomic E-state index is 0. The van der Waals surface area contributed by atoms with Crippen LogP contribution < -0.4 is 10.6 Å². The fourth-order valence-electron chi connectivity index (χ4n) is 2.58. The van der Waals surface area contributed by atoms with Gasteiger partial charge in [0.25, 0.3) is 0 Å². The van der Waals surface area contributed by atoms with Crippen LogP contribution in [0.5, 0.6) is 0 Å². The van der Waals surface area contributed by atoms with E-state index in [0.717, 1.165) is 17.6 Å². The van der Waals surface area contributed by atoms with Gasteiger partial charge in [0.2, 0.25) is 10.0 Å². The minimum atomic E-state index is -3.31. The summed E-state index contributed by atoms with van der Waals surface area (Å²) in [5, 5.41) is 5.90. The lowest BCUT2D eigenvalue weighted by Gasteiger charge is -2.26. The molecule has 0 spiro atoms. The largest absolute Gasteiger partial charge is 0.355 e. The van der Waals surface area contributed by atoms with Gasteiger partial charge in [-0.2, -0.15) is 11.8 Å². The van der Waals surface area contributed by atoms with E-state index in [9.17, 15) is 17.2 Å². The summed E-state index contributed by atoms with van der Waals surface area (Å²) in [6.45, 7) is 2.98. The second-order valence-electron chi connectivity index (χ2n) is 5.86. The molecule has 1 aromatic rings. The van der Waals surface area contributed by atoms with E-state index in [4.69, 9.17) is 0 Å². The zero-order valence-corrected chi connectivity index (χ0v) is 19.2. The predicted octanol–water partition coefficient (Wildman–Crippen LogP) is 2.19. The number of thioether (sulfide) groups is 1. The average Bonchev–Trinajstić information content (AvgIpc) is 2.61. The molecule has 1 atom stereocenters. The number of aliphatic imine (C=N–C) groups is 1. The van der Waals surface area contributed by atoms with E-state index in [-0.39, 0.29) is 36.3 Å². The number of sulfonamides is 1. The third kappa shape index (κ3) is 7.35. The molecule has 1 aromatic carbocycles. The highest BCUT2D eigenvalue weighted by Gasteiger charge is 2.23. The Morgan fingerprint density at radius 1 is 1.33 bits per heavy atom. The van der Waals surface area contributed by atoms with E-state index in [1.807, 2.05) is 0 Å². The molecule has 27 heavy (non-hydrogen) atoms. The number of hydrogen-bond acceptors (Lipinski definition) is 4. The lowest BCUT2D eigenvalue weighted by Crippen LogP contribution is -2.44. The summed E-state index contributed by atoms with van der Waals surface area (Å²) in [4.78, 5) is 4.02. The maximum Gasteiger partial charge on any atom is 0.215 e. The Bertz CT molecular complexity index is 744. The molecule has 1 unspecified atom stereocenters. The van der Waals surface area contributed by atoms with Crippen molar-refractivity contribution in [2.24, 2.45) is 4.99 Å². The summed E-state index contributed by atoms with van der Waals surface area (Å²) in [6.07, 6.45) is 0. The van der Waals surface area contributed by atoms with Crippen LogP contribution in [0.2, 0.25) is 0 Å². The molecule has 1 saturated heterocycles. The monoisotopic (exact) mass is 534 g/mol. The van der Waals surface area contributed by atoms with Gasteiger partial charge in [0.05, 0.1) is 11.8 Å². The molecule has 0 aromatic heterocycles. The van der Waals surface area contributed by atoms with E-state index in [1.165, 1.54) is 16.4 Å². The van der Waals surface area contributed by atoms with E-state index >= 15 is 0 Å². The van der Waals surface area contributed by atoms with Crippen LogP contribution in [0.4, 0.5) is 8.78 Å². The second kappa shape index (κ2) is 11.4. The van der Waals surface area contributed by atoms with Crippen molar-refractivity contribution < 1.29 is 17.2 Å². The van der Waals surface area contributed by atoms with Crippen LogP contribution in [0.1, 0.15) is 18.5 Å². The third-order valence-corrected chi connectivity index (χ3v) is 6.84. The Balaban J connectivity index is 0.00000364. The van der Waals surface area contributed by atoms with Crippen molar-refractivity contribution in [1.82, 2.24) is 14.9 Å². The van der Waals surface area contributed by atoms with Gasteiger partial charge in [0.15, 0.2) is 5.96 Å². The number of halogens is 3. The van der Waals surface area contributed by atoms with Crippen molar-refractivity contribution in [3.63, 3.8) is 0 Å². The van der Waals surface area contributed by atoms with E-state index in [2.05, 4.69) is 15.6 Å². The quantitative estimate of drug-likeness (QED) is 0.333. The molecule has 1 heterocycles. The number of rotatable bonds is 6. The smallest absolute Gasteiger partial charge is 0.215 e. The molecule has 0 amide bonds. The van der Waals surface area contributed by atoms with Crippen LogP contribution in [0.15, 0.2) is 23.2 Å². The molecule has 2 N–H and O–H groups in total. The summed E-state index contributed by atoms with van der Waals surface area (Å²) in [7, 11) is -1.77. The number of benzene rings is 1. The first-order chi connectivity index (χ1) is 12.3. The van der Waals surface area contributed by atoms with Crippen molar-refractivity contribution in [3.05, 3.63) is 35.4 Å². The molecule has 0 saturated carbocycles. The molecule has 0 radical (unpaired) electrons. The number of nitrogens with one attached hydrogen (secondary N) is 2. The van der Waals surface area contributed by atoms with E-state index in [1.54, 1.807) is 25.7 Å². The van der Waals surface area contributed by atoms with Crippen molar-refractivity contribution >= 4 is 51.7 Å². The summed E-state index contributed by atoms with van der Waals surface area (Å²) in [5.74, 6) is 0.657. The Morgan fingerprint density at radius 3 is 2.59 bits per heavy atom. The first-order valence-corrected chi connectivity index (χ1v) is 11.1. The van der Waals surface area contributed by atoms with Gasteiger partial charge in [-0.25, -0.2) is 21.5 Å². The molecule has 1 aliphatic heterocycles. The Kier molecular flexibility index (Phi) is 10.3. The molecule has 0 bridgehead atoms. The zero-order chi connectivity index (χ0) is 19.2. The minimum Gasteiger partial charge on any atom is -0.355 e.